The van der Waals surface area contributed by atoms with Gasteiger partial charge in [-0.1, -0.05) is 49.6 Å². The Labute approximate surface area is 188 Å². The number of H-pyrrole nitrogens is 1. The monoisotopic (exact) mass is 452 g/mol. The van der Waals surface area contributed by atoms with E-state index in [1.54, 1.807) is 18.2 Å². The Morgan fingerprint density at radius 1 is 0.938 bits per heavy atom. The molecule has 0 atom stereocenters. The molecule has 2 aliphatic rings. The molecule has 0 unspecified atom stereocenters. The fraction of sp³-hybridized carbons (Fsp3) is 0.417. The van der Waals surface area contributed by atoms with E-state index >= 15 is 0 Å². The predicted molar refractivity (Wildman–Crippen MR) is 123 cm³/mol. The fourth-order valence-corrected chi connectivity index (χ4v) is 6.24. The lowest BCUT2D eigenvalue weighted by atomic mass is 9.88. The quantitative estimate of drug-likeness (QED) is 0.655. The van der Waals surface area contributed by atoms with Gasteiger partial charge in [-0.3, -0.25) is 4.79 Å². The average Bonchev–Trinajstić information content (AvgIpc) is 3.28. The third kappa shape index (κ3) is 4.04. The number of hydrogen-bond donors (Lipinski definition) is 1. The van der Waals surface area contributed by atoms with Crippen molar-refractivity contribution in [1.82, 2.24) is 19.2 Å². The molecular weight excluding hydrogens is 424 g/mol. The molecule has 0 bridgehead atoms. The minimum absolute atomic E-state index is 0.119. The molecule has 168 valence electrons. The van der Waals surface area contributed by atoms with Crippen LogP contribution in [-0.2, 0) is 14.8 Å². The molecule has 1 saturated heterocycles. The predicted octanol–water partition coefficient (Wildman–Crippen LogP) is 3.64. The first kappa shape index (κ1) is 21.2. The van der Waals surface area contributed by atoms with Crippen LogP contribution in [-0.4, -0.2) is 59.7 Å². The summed E-state index contributed by atoms with van der Waals surface area (Å²) in [6.45, 7) is 1.58. The molecule has 2 aromatic carbocycles. The second-order valence-corrected chi connectivity index (χ2v) is 10.6. The highest BCUT2D eigenvalue weighted by atomic mass is 32.2. The summed E-state index contributed by atoms with van der Waals surface area (Å²) in [4.78, 5) is 22.7. The zero-order chi connectivity index (χ0) is 22.1. The van der Waals surface area contributed by atoms with Crippen molar-refractivity contribution in [2.75, 3.05) is 26.2 Å². The zero-order valence-electron chi connectivity index (χ0n) is 18.0. The van der Waals surface area contributed by atoms with E-state index in [2.05, 4.69) is 9.97 Å². The van der Waals surface area contributed by atoms with Crippen molar-refractivity contribution in [3.63, 3.8) is 0 Å². The van der Waals surface area contributed by atoms with E-state index < -0.39 is 10.0 Å². The maximum Gasteiger partial charge on any atom is 0.243 e. The topological polar surface area (TPSA) is 86.4 Å². The maximum absolute atomic E-state index is 13.3. The van der Waals surface area contributed by atoms with Crippen LogP contribution in [0.15, 0.2) is 53.4 Å². The van der Waals surface area contributed by atoms with Gasteiger partial charge < -0.3 is 9.88 Å². The van der Waals surface area contributed by atoms with E-state index in [1.807, 2.05) is 35.2 Å². The van der Waals surface area contributed by atoms with Crippen LogP contribution < -0.4 is 0 Å². The molecule has 5 rings (SSSR count). The normalized spacial score (nSPS) is 18.8. The van der Waals surface area contributed by atoms with Gasteiger partial charge in [0.1, 0.15) is 5.82 Å². The van der Waals surface area contributed by atoms with E-state index in [-0.39, 0.29) is 16.7 Å². The summed E-state index contributed by atoms with van der Waals surface area (Å²) in [6.07, 6.45) is 5.38. The first-order valence-corrected chi connectivity index (χ1v) is 12.8. The third-order valence-corrected chi connectivity index (χ3v) is 8.54. The van der Waals surface area contributed by atoms with Crippen LogP contribution in [0.4, 0.5) is 0 Å². The summed E-state index contributed by atoms with van der Waals surface area (Å²) in [5.74, 6) is 1.03. The van der Waals surface area contributed by atoms with Gasteiger partial charge in [-0.25, -0.2) is 13.4 Å². The molecule has 2 fully saturated rings. The van der Waals surface area contributed by atoms with E-state index in [1.165, 1.54) is 10.7 Å². The van der Waals surface area contributed by atoms with E-state index in [4.69, 9.17) is 0 Å². The van der Waals surface area contributed by atoms with Crippen molar-refractivity contribution in [3.05, 3.63) is 48.5 Å². The van der Waals surface area contributed by atoms with Gasteiger partial charge in [-0.15, -0.1) is 0 Å². The highest BCUT2D eigenvalue weighted by Gasteiger charge is 2.33. The van der Waals surface area contributed by atoms with Crippen molar-refractivity contribution in [3.8, 4) is 11.4 Å². The number of hydrogen-bond acceptors (Lipinski definition) is 4. The second-order valence-electron chi connectivity index (χ2n) is 8.69. The lowest BCUT2D eigenvalue weighted by Gasteiger charge is -2.36. The molecule has 1 N–H and O–H groups in total. The largest absolute Gasteiger partial charge is 0.340 e. The lowest BCUT2D eigenvalue weighted by molar-refractivity contribution is -0.137. The van der Waals surface area contributed by atoms with Gasteiger partial charge in [0, 0.05) is 37.7 Å². The van der Waals surface area contributed by atoms with Crippen molar-refractivity contribution >= 4 is 27.0 Å². The average molecular weight is 453 g/mol. The van der Waals surface area contributed by atoms with Gasteiger partial charge in [-0.05, 0) is 31.0 Å². The summed E-state index contributed by atoms with van der Waals surface area (Å²) in [7, 11) is -3.64. The lowest BCUT2D eigenvalue weighted by Crippen LogP contribution is -2.52. The van der Waals surface area contributed by atoms with Gasteiger partial charge in [0.25, 0.3) is 0 Å². The maximum atomic E-state index is 13.3. The Morgan fingerprint density at radius 2 is 1.66 bits per heavy atom. The standard InChI is InChI=1S/C24H28N4O3S/c29-24(19-9-5-2-6-10-19)27-13-15-28(16-14-27)32(30,31)20-11-12-21-22(17-20)26-23(25-21)18-7-3-1-4-8-18/h1,3-4,7-8,11-12,17,19H,2,5-6,9-10,13-16H2,(H,25,26). The number of carbonyl (C=O) groups is 1. The number of sulfonamides is 1. The van der Waals surface area contributed by atoms with Crippen LogP contribution >= 0.6 is 0 Å². The van der Waals surface area contributed by atoms with E-state index in [0.29, 0.717) is 37.5 Å². The summed E-state index contributed by atoms with van der Waals surface area (Å²) in [6, 6.07) is 14.8. The zero-order valence-corrected chi connectivity index (χ0v) is 18.9. The van der Waals surface area contributed by atoms with Crippen LogP contribution in [0.5, 0.6) is 0 Å². The third-order valence-electron chi connectivity index (χ3n) is 6.64. The van der Waals surface area contributed by atoms with Crippen molar-refractivity contribution in [2.24, 2.45) is 5.92 Å². The summed E-state index contributed by atoms with van der Waals surface area (Å²) in [5, 5.41) is 0. The summed E-state index contributed by atoms with van der Waals surface area (Å²) < 4.78 is 28.0. The molecule has 1 aliphatic carbocycles. The molecule has 3 aromatic rings. The highest BCUT2D eigenvalue weighted by molar-refractivity contribution is 7.89. The Bertz CT molecular complexity index is 1210. The molecule has 1 aromatic heterocycles. The molecule has 1 amide bonds. The van der Waals surface area contributed by atoms with Crippen molar-refractivity contribution in [1.29, 1.82) is 0 Å². The summed E-state index contributed by atoms with van der Waals surface area (Å²) in [5.41, 5.74) is 2.37. The van der Waals surface area contributed by atoms with Gasteiger partial charge in [-0.2, -0.15) is 4.31 Å². The van der Waals surface area contributed by atoms with Crippen molar-refractivity contribution < 1.29 is 13.2 Å². The molecule has 8 heteroatoms. The van der Waals surface area contributed by atoms with Gasteiger partial charge in [0.2, 0.25) is 15.9 Å². The number of fused-ring (bicyclic) bond motifs is 1. The number of benzene rings is 2. The van der Waals surface area contributed by atoms with Crippen LogP contribution in [0.3, 0.4) is 0 Å². The van der Waals surface area contributed by atoms with Crippen LogP contribution in [0, 0.1) is 5.92 Å². The number of carbonyl (C=O) groups excluding carboxylic acids is 1. The fourth-order valence-electron chi connectivity index (χ4n) is 4.79. The summed E-state index contributed by atoms with van der Waals surface area (Å²) >= 11 is 0. The number of rotatable bonds is 4. The Morgan fingerprint density at radius 3 is 2.38 bits per heavy atom. The van der Waals surface area contributed by atoms with Crippen molar-refractivity contribution in [2.45, 2.75) is 37.0 Å². The molecule has 32 heavy (non-hydrogen) atoms. The first-order valence-electron chi connectivity index (χ1n) is 11.4. The van der Waals surface area contributed by atoms with E-state index in [9.17, 15) is 13.2 Å². The number of piperazine rings is 1. The molecule has 2 heterocycles. The van der Waals surface area contributed by atoms with Crippen LogP contribution in [0.1, 0.15) is 32.1 Å². The van der Waals surface area contributed by atoms with Gasteiger partial charge in [0.15, 0.2) is 0 Å². The molecular formula is C24H28N4O3S. The first-order chi connectivity index (χ1) is 15.5. The van der Waals surface area contributed by atoms with Crippen LogP contribution in [0.2, 0.25) is 0 Å². The van der Waals surface area contributed by atoms with Crippen LogP contribution in [0.25, 0.3) is 22.4 Å². The molecule has 7 nitrogen and oxygen atoms in total. The molecule has 1 aliphatic heterocycles. The number of imidazole rings is 1. The molecule has 1 saturated carbocycles. The molecule has 0 radical (unpaired) electrons. The SMILES string of the molecule is O=C(C1CCCCC1)N1CCN(S(=O)(=O)c2ccc3nc(-c4ccccc4)[nH]c3c2)CC1. The van der Waals surface area contributed by atoms with Gasteiger partial charge >= 0.3 is 0 Å². The number of aromatic amines is 1. The minimum Gasteiger partial charge on any atom is -0.340 e. The minimum atomic E-state index is -3.64. The van der Waals surface area contributed by atoms with E-state index in [0.717, 1.165) is 36.8 Å². The smallest absolute Gasteiger partial charge is 0.243 e. The molecule has 0 spiro atoms. The Balaban J connectivity index is 1.30. The van der Waals surface area contributed by atoms with Gasteiger partial charge in [0.05, 0.1) is 15.9 Å². The number of amides is 1. The second kappa shape index (κ2) is 8.67. The highest BCUT2D eigenvalue weighted by Crippen LogP contribution is 2.27. The number of nitrogens with one attached hydrogen (secondary N) is 1. The Hall–Kier alpha value is -2.71. The Kier molecular flexibility index (Phi) is 5.73. The number of aromatic nitrogens is 2. The number of nitrogens with zero attached hydrogens (tertiary/aromatic N) is 3.